The second kappa shape index (κ2) is 9.73. The van der Waals surface area contributed by atoms with Gasteiger partial charge in [-0.15, -0.1) is 0 Å². The van der Waals surface area contributed by atoms with Crippen molar-refractivity contribution >= 4 is 0 Å². The van der Waals surface area contributed by atoms with Crippen LogP contribution in [0.2, 0.25) is 0 Å². The Kier molecular flexibility index (Phi) is 8.67. The van der Waals surface area contributed by atoms with Crippen LogP contribution in [0.4, 0.5) is 0 Å². The normalized spacial score (nSPS) is 20.4. The number of rotatable bonds is 10. The van der Waals surface area contributed by atoms with Gasteiger partial charge >= 0.3 is 0 Å². The third kappa shape index (κ3) is 7.91. The van der Waals surface area contributed by atoms with Crippen molar-refractivity contribution in [1.29, 1.82) is 0 Å². The van der Waals surface area contributed by atoms with Crippen molar-refractivity contribution in [3.63, 3.8) is 0 Å². The van der Waals surface area contributed by atoms with Crippen LogP contribution in [-0.2, 0) is 0 Å². The highest BCUT2D eigenvalue weighted by atomic mass is 16.3. The number of unbranched alkanes of at least 4 members (excludes halogenated alkanes) is 6. The summed E-state index contributed by atoms with van der Waals surface area (Å²) in [5, 5.41) is 23.2. The first kappa shape index (κ1) is 16.9. The summed E-state index contributed by atoms with van der Waals surface area (Å²) in [6.07, 6.45) is 13.9. The van der Waals surface area contributed by atoms with E-state index in [1.165, 1.54) is 44.9 Å². The molecule has 0 spiro atoms. The summed E-state index contributed by atoms with van der Waals surface area (Å²) < 4.78 is 0. The average Bonchev–Trinajstić information content (AvgIpc) is 2.38. The Labute approximate surface area is 118 Å². The molecule has 0 aromatic heterocycles. The van der Waals surface area contributed by atoms with Crippen LogP contribution in [0, 0.1) is 0 Å². The lowest BCUT2D eigenvalue weighted by atomic mass is 9.91. The van der Waals surface area contributed by atoms with Gasteiger partial charge < -0.3 is 10.2 Å². The van der Waals surface area contributed by atoms with E-state index in [1.54, 1.807) is 0 Å². The SMILES string of the molecule is CCCCCCCCCC(O)NC1(O)CCCCC1. The fourth-order valence-corrected chi connectivity index (χ4v) is 2.96. The number of aliphatic hydroxyl groups excluding tert-OH is 1. The van der Waals surface area contributed by atoms with Crippen molar-refractivity contribution in [2.45, 2.75) is 102 Å². The zero-order valence-corrected chi connectivity index (χ0v) is 12.7. The molecule has 1 saturated carbocycles. The molecule has 0 heterocycles. The van der Waals surface area contributed by atoms with Gasteiger partial charge in [0.2, 0.25) is 0 Å². The molecule has 0 amide bonds. The summed E-state index contributed by atoms with van der Waals surface area (Å²) >= 11 is 0. The molecule has 0 radical (unpaired) electrons. The lowest BCUT2D eigenvalue weighted by Crippen LogP contribution is -2.51. The van der Waals surface area contributed by atoms with E-state index in [-0.39, 0.29) is 0 Å². The fraction of sp³-hybridized carbons (Fsp3) is 1.00. The molecular weight excluding hydrogens is 238 g/mol. The quantitative estimate of drug-likeness (QED) is 0.419. The molecule has 0 bridgehead atoms. The van der Waals surface area contributed by atoms with E-state index < -0.39 is 12.0 Å². The second-order valence-corrected chi connectivity index (χ2v) is 6.16. The van der Waals surface area contributed by atoms with Crippen LogP contribution in [0.15, 0.2) is 0 Å². The summed E-state index contributed by atoms with van der Waals surface area (Å²) in [4.78, 5) is 0. The molecule has 0 saturated heterocycles. The van der Waals surface area contributed by atoms with E-state index in [9.17, 15) is 10.2 Å². The second-order valence-electron chi connectivity index (χ2n) is 6.16. The van der Waals surface area contributed by atoms with Crippen molar-refractivity contribution in [1.82, 2.24) is 5.32 Å². The van der Waals surface area contributed by atoms with Crippen molar-refractivity contribution in [2.75, 3.05) is 0 Å². The molecule has 3 N–H and O–H groups in total. The van der Waals surface area contributed by atoms with Gasteiger partial charge in [-0.3, -0.25) is 5.32 Å². The maximum Gasteiger partial charge on any atom is 0.117 e. The number of hydrogen-bond acceptors (Lipinski definition) is 3. The van der Waals surface area contributed by atoms with E-state index in [4.69, 9.17) is 0 Å². The summed E-state index contributed by atoms with van der Waals surface area (Å²) in [6, 6.07) is 0. The minimum absolute atomic E-state index is 0.543. The fourth-order valence-electron chi connectivity index (χ4n) is 2.96. The van der Waals surface area contributed by atoms with Gasteiger partial charge in [0.1, 0.15) is 12.0 Å². The van der Waals surface area contributed by atoms with Crippen LogP contribution in [0.25, 0.3) is 0 Å². The lowest BCUT2D eigenvalue weighted by molar-refractivity contribution is -0.0724. The van der Waals surface area contributed by atoms with Crippen LogP contribution in [0.5, 0.6) is 0 Å². The summed E-state index contributed by atoms with van der Waals surface area (Å²) in [6.45, 7) is 2.23. The summed E-state index contributed by atoms with van der Waals surface area (Å²) in [7, 11) is 0. The number of nitrogens with one attached hydrogen (secondary N) is 1. The lowest BCUT2D eigenvalue weighted by Gasteiger charge is -2.35. The molecule has 0 aliphatic heterocycles. The molecule has 3 heteroatoms. The van der Waals surface area contributed by atoms with E-state index in [0.717, 1.165) is 38.5 Å². The number of hydrogen-bond donors (Lipinski definition) is 3. The first-order valence-corrected chi connectivity index (χ1v) is 8.34. The third-order valence-electron chi connectivity index (χ3n) is 4.20. The maximum absolute atomic E-state index is 10.3. The van der Waals surface area contributed by atoms with Gasteiger partial charge in [-0.1, -0.05) is 51.9 Å². The van der Waals surface area contributed by atoms with Crippen LogP contribution in [0.1, 0.15) is 90.4 Å². The van der Waals surface area contributed by atoms with Crippen LogP contribution in [-0.4, -0.2) is 22.2 Å². The summed E-state index contributed by atoms with van der Waals surface area (Å²) in [5.74, 6) is 0. The molecule has 19 heavy (non-hydrogen) atoms. The average molecular weight is 271 g/mol. The third-order valence-corrected chi connectivity index (χ3v) is 4.20. The molecule has 1 rings (SSSR count). The molecule has 0 aromatic rings. The van der Waals surface area contributed by atoms with Gasteiger partial charge in [0.05, 0.1) is 0 Å². The first-order chi connectivity index (χ1) is 9.16. The van der Waals surface area contributed by atoms with Gasteiger partial charge in [-0.25, -0.2) is 0 Å². The first-order valence-electron chi connectivity index (χ1n) is 8.34. The minimum atomic E-state index is -0.807. The Balaban J connectivity index is 1.99. The van der Waals surface area contributed by atoms with E-state index >= 15 is 0 Å². The predicted octanol–water partition coefficient (Wildman–Crippen LogP) is 3.69. The Morgan fingerprint density at radius 2 is 1.53 bits per heavy atom. The predicted molar refractivity (Wildman–Crippen MR) is 79.8 cm³/mol. The van der Waals surface area contributed by atoms with Gasteiger partial charge in [-0.05, 0) is 38.5 Å². The number of aliphatic hydroxyl groups is 2. The molecule has 1 aliphatic rings. The largest absolute Gasteiger partial charge is 0.379 e. The van der Waals surface area contributed by atoms with Gasteiger partial charge in [0.25, 0.3) is 0 Å². The van der Waals surface area contributed by atoms with Crippen molar-refractivity contribution in [3.8, 4) is 0 Å². The van der Waals surface area contributed by atoms with E-state index in [1.807, 2.05) is 0 Å². The zero-order valence-electron chi connectivity index (χ0n) is 12.7. The highest BCUT2D eigenvalue weighted by Gasteiger charge is 2.30. The molecule has 1 fully saturated rings. The van der Waals surface area contributed by atoms with Crippen molar-refractivity contribution < 1.29 is 10.2 Å². The molecule has 3 nitrogen and oxygen atoms in total. The smallest absolute Gasteiger partial charge is 0.117 e. The summed E-state index contributed by atoms with van der Waals surface area (Å²) in [5.41, 5.74) is -0.807. The minimum Gasteiger partial charge on any atom is -0.379 e. The monoisotopic (exact) mass is 271 g/mol. The Bertz CT molecular complexity index is 215. The van der Waals surface area contributed by atoms with E-state index in [2.05, 4.69) is 12.2 Å². The molecule has 0 aromatic carbocycles. The topological polar surface area (TPSA) is 52.5 Å². The Morgan fingerprint density at radius 1 is 0.947 bits per heavy atom. The molecule has 1 aliphatic carbocycles. The highest BCUT2D eigenvalue weighted by molar-refractivity contribution is 4.80. The molecule has 114 valence electrons. The highest BCUT2D eigenvalue weighted by Crippen LogP contribution is 2.26. The maximum atomic E-state index is 10.3. The van der Waals surface area contributed by atoms with Crippen LogP contribution < -0.4 is 5.32 Å². The van der Waals surface area contributed by atoms with Gasteiger partial charge in [-0.2, -0.15) is 0 Å². The van der Waals surface area contributed by atoms with Crippen LogP contribution >= 0.6 is 0 Å². The van der Waals surface area contributed by atoms with Crippen molar-refractivity contribution in [2.24, 2.45) is 0 Å². The molecule has 1 unspecified atom stereocenters. The zero-order chi connectivity index (χ0) is 14.0. The molecular formula is C16H33NO2. The van der Waals surface area contributed by atoms with Crippen LogP contribution in [0.3, 0.4) is 0 Å². The van der Waals surface area contributed by atoms with Gasteiger partial charge in [0, 0.05) is 0 Å². The van der Waals surface area contributed by atoms with Crippen molar-refractivity contribution in [3.05, 3.63) is 0 Å². The van der Waals surface area contributed by atoms with E-state index in [0.29, 0.717) is 0 Å². The Hall–Kier alpha value is -0.120. The van der Waals surface area contributed by atoms with Gasteiger partial charge in [0.15, 0.2) is 0 Å². The Morgan fingerprint density at radius 3 is 2.16 bits per heavy atom. The standard InChI is InChI=1S/C16H33NO2/c1-2-3-4-5-6-7-9-12-15(18)17-16(19)13-10-8-11-14-16/h15,17-19H,2-14H2,1H3. The molecule has 1 atom stereocenters.